The summed E-state index contributed by atoms with van der Waals surface area (Å²) in [7, 11) is 2.88. The molecule has 0 spiro atoms. The molecule has 0 bridgehead atoms. The zero-order valence-corrected chi connectivity index (χ0v) is 10.4. The maximum Gasteiger partial charge on any atom is 0.358 e. The second-order valence-corrected chi connectivity index (χ2v) is 3.58. The van der Waals surface area contributed by atoms with E-state index in [4.69, 9.17) is 9.84 Å². The zero-order chi connectivity index (χ0) is 13.4. The Labute approximate surface area is 105 Å². The Bertz CT molecular complexity index is 369. The molecule has 18 heavy (non-hydrogen) atoms. The Morgan fingerprint density at radius 1 is 1.44 bits per heavy atom. The predicted molar refractivity (Wildman–Crippen MR) is 64.4 cm³/mol. The summed E-state index contributed by atoms with van der Waals surface area (Å²) in [6, 6.07) is -0.164. The fourth-order valence-electron chi connectivity index (χ4n) is 1.29. The quantitative estimate of drug-likeness (QED) is 0.666. The summed E-state index contributed by atoms with van der Waals surface area (Å²) in [6.07, 6.45) is 3.38. The molecule has 0 amide bonds. The molecule has 2 N–H and O–H groups in total. The molecule has 100 valence electrons. The van der Waals surface area contributed by atoms with Gasteiger partial charge in [-0.1, -0.05) is 0 Å². The highest BCUT2D eigenvalue weighted by Crippen LogP contribution is 2.06. The van der Waals surface area contributed by atoms with Crippen LogP contribution in [0.1, 0.15) is 16.9 Å². The molecule has 0 aromatic carbocycles. The molecule has 1 aromatic rings. The minimum atomic E-state index is -0.535. The van der Waals surface area contributed by atoms with E-state index in [1.807, 2.05) is 0 Å². The number of ether oxygens (including phenoxy) is 2. The van der Waals surface area contributed by atoms with Gasteiger partial charge in [0.15, 0.2) is 5.69 Å². The summed E-state index contributed by atoms with van der Waals surface area (Å²) >= 11 is 0. The highest BCUT2D eigenvalue weighted by atomic mass is 16.5. The number of hydrogen-bond acceptors (Lipinski definition) is 7. The average Bonchev–Trinajstić information content (AvgIpc) is 2.43. The third-order valence-corrected chi connectivity index (χ3v) is 2.29. The van der Waals surface area contributed by atoms with E-state index in [-0.39, 0.29) is 18.3 Å². The van der Waals surface area contributed by atoms with Crippen LogP contribution in [-0.4, -0.2) is 54.5 Å². The molecule has 0 aliphatic heterocycles. The van der Waals surface area contributed by atoms with E-state index >= 15 is 0 Å². The van der Waals surface area contributed by atoms with Crippen molar-refractivity contribution in [2.24, 2.45) is 0 Å². The van der Waals surface area contributed by atoms with Gasteiger partial charge in [-0.25, -0.2) is 14.8 Å². The summed E-state index contributed by atoms with van der Waals surface area (Å²) in [6.45, 7) is 0.496. The van der Waals surface area contributed by atoms with Gasteiger partial charge in [0, 0.05) is 13.7 Å². The maximum absolute atomic E-state index is 11.1. The average molecular weight is 255 g/mol. The number of esters is 1. The van der Waals surface area contributed by atoms with Gasteiger partial charge in [0.1, 0.15) is 5.82 Å². The number of aliphatic hydroxyl groups excluding tert-OH is 1. The van der Waals surface area contributed by atoms with Gasteiger partial charge in [-0.15, -0.1) is 0 Å². The molecule has 1 heterocycles. The van der Waals surface area contributed by atoms with Gasteiger partial charge in [0.05, 0.1) is 32.2 Å². The number of nitrogens with one attached hydrogen (secondary N) is 1. The van der Waals surface area contributed by atoms with E-state index < -0.39 is 5.97 Å². The highest BCUT2D eigenvalue weighted by molar-refractivity contribution is 5.86. The van der Waals surface area contributed by atoms with Crippen LogP contribution in [0.2, 0.25) is 0 Å². The van der Waals surface area contributed by atoms with Crippen LogP contribution in [-0.2, 0) is 9.47 Å². The molecule has 0 radical (unpaired) electrons. The van der Waals surface area contributed by atoms with Crippen LogP contribution in [0.15, 0.2) is 12.4 Å². The molecule has 0 aliphatic carbocycles. The topological polar surface area (TPSA) is 93.6 Å². The first-order chi connectivity index (χ1) is 8.71. The number of aliphatic hydroxyl groups is 1. The first-order valence-electron chi connectivity index (χ1n) is 5.48. The van der Waals surface area contributed by atoms with Crippen molar-refractivity contribution < 1.29 is 19.4 Å². The van der Waals surface area contributed by atoms with Gasteiger partial charge >= 0.3 is 5.97 Å². The van der Waals surface area contributed by atoms with Crippen molar-refractivity contribution in [1.82, 2.24) is 9.97 Å². The molecule has 0 fully saturated rings. The number of anilines is 1. The largest absolute Gasteiger partial charge is 0.464 e. The Balaban J connectivity index is 2.59. The minimum absolute atomic E-state index is 0.0379. The van der Waals surface area contributed by atoms with Crippen molar-refractivity contribution in [3.05, 3.63) is 18.1 Å². The smallest absolute Gasteiger partial charge is 0.358 e. The van der Waals surface area contributed by atoms with E-state index in [9.17, 15) is 4.79 Å². The molecule has 0 aliphatic rings. The van der Waals surface area contributed by atoms with E-state index in [0.29, 0.717) is 18.8 Å². The van der Waals surface area contributed by atoms with E-state index in [2.05, 4.69) is 20.0 Å². The van der Waals surface area contributed by atoms with Crippen molar-refractivity contribution in [1.29, 1.82) is 0 Å². The van der Waals surface area contributed by atoms with Crippen molar-refractivity contribution >= 4 is 11.8 Å². The fraction of sp³-hybridized carbons (Fsp3) is 0.545. The molecule has 7 nitrogen and oxygen atoms in total. The molecule has 1 atom stereocenters. The van der Waals surface area contributed by atoms with Crippen molar-refractivity contribution in [2.75, 3.05) is 32.8 Å². The Kier molecular flexibility index (Phi) is 6.03. The van der Waals surface area contributed by atoms with Gasteiger partial charge in [-0.2, -0.15) is 0 Å². The van der Waals surface area contributed by atoms with E-state index in [0.717, 1.165) is 0 Å². The molecule has 1 unspecified atom stereocenters. The summed E-state index contributed by atoms with van der Waals surface area (Å²) < 4.78 is 9.44. The third kappa shape index (κ3) is 4.27. The Morgan fingerprint density at radius 2 is 2.22 bits per heavy atom. The molecule has 1 aromatic heterocycles. The molecular weight excluding hydrogens is 238 g/mol. The summed E-state index contributed by atoms with van der Waals surface area (Å²) in [5.74, 6) is -0.0510. The predicted octanol–water partition coefficient (Wildman–Crippen LogP) is 0.0725. The van der Waals surface area contributed by atoms with Crippen LogP contribution >= 0.6 is 0 Å². The molecule has 0 saturated heterocycles. The second-order valence-electron chi connectivity index (χ2n) is 3.58. The van der Waals surface area contributed by atoms with Crippen molar-refractivity contribution in [3.8, 4) is 0 Å². The first kappa shape index (κ1) is 14.3. The van der Waals surface area contributed by atoms with Gasteiger partial charge in [0.2, 0.25) is 0 Å². The molecule has 7 heteroatoms. The number of hydrogen-bond donors (Lipinski definition) is 2. The van der Waals surface area contributed by atoms with E-state index in [1.165, 1.54) is 19.5 Å². The molecular formula is C11H17N3O4. The van der Waals surface area contributed by atoms with Crippen molar-refractivity contribution in [3.63, 3.8) is 0 Å². The van der Waals surface area contributed by atoms with Crippen LogP contribution in [0, 0.1) is 0 Å². The Hall–Kier alpha value is -1.73. The second kappa shape index (κ2) is 7.57. The minimum Gasteiger partial charge on any atom is -0.464 e. The third-order valence-electron chi connectivity index (χ3n) is 2.29. The lowest BCUT2D eigenvalue weighted by molar-refractivity contribution is 0.0593. The molecule has 0 saturated carbocycles. The van der Waals surface area contributed by atoms with Gasteiger partial charge in [0.25, 0.3) is 0 Å². The zero-order valence-electron chi connectivity index (χ0n) is 10.4. The number of methoxy groups -OCH3 is 2. The lowest BCUT2D eigenvalue weighted by Gasteiger charge is -2.15. The van der Waals surface area contributed by atoms with E-state index in [1.54, 1.807) is 7.11 Å². The van der Waals surface area contributed by atoms with Crippen LogP contribution in [0.25, 0.3) is 0 Å². The van der Waals surface area contributed by atoms with Crippen LogP contribution in [0.4, 0.5) is 5.82 Å². The maximum atomic E-state index is 11.1. The monoisotopic (exact) mass is 255 g/mol. The SMILES string of the molecule is COCCC(CO)Nc1cnc(C(=O)OC)cn1. The molecule has 1 rings (SSSR count). The highest BCUT2D eigenvalue weighted by Gasteiger charge is 2.10. The lowest BCUT2D eigenvalue weighted by Crippen LogP contribution is -2.26. The summed E-state index contributed by atoms with van der Waals surface area (Å²) in [5.41, 5.74) is 0.139. The van der Waals surface area contributed by atoms with Crippen LogP contribution in [0.5, 0.6) is 0 Å². The normalized spacial score (nSPS) is 11.9. The van der Waals surface area contributed by atoms with Crippen LogP contribution < -0.4 is 5.32 Å². The summed E-state index contributed by atoms with van der Waals surface area (Å²) in [5, 5.41) is 12.1. The van der Waals surface area contributed by atoms with Gasteiger partial charge < -0.3 is 19.9 Å². The van der Waals surface area contributed by atoms with Crippen molar-refractivity contribution in [2.45, 2.75) is 12.5 Å². The lowest BCUT2D eigenvalue weighted by atomic mass is 10.2. The van der Waals surface area contributed by atoms with Crippen LogP contribution in [0.3, 0.4) is 0 Å². The number of carbonyl (C=O) groups excluding carboxylic acids is 1. The Morgan fingerprint density at radius 3 is 2.72 bits per heavy atom. The number of rotatable bonds is 7. The fourth-order valence-corrected chi connectivity index (χ4v) is 1.29. The number of nitrogens with zero attached hydrogens (tertiary/aromatic N) is 2. The summed E-state index contributed by atoms with van der Waals surface area (Å²) in [4.78, 5) is 19.1. The number of aromatic nitrogens is 2. The number of carbonyl (C=O) groups is 1. The first-order valence-corrected chi connectivity index (χ1v) is 5.48. The van der Waals surface area contributed by atoms with Gasteiger partial charge in [-0.3, -0.25) is 0 Å². The van der Waals surface area contributed by atoms with Gasteiger partial charge in [-0.05, 0) is 6.42 Å². The standard InChI is InChI=1S/C11H17N3O4/c1-17-4-3-8(7-15)14-10-6-12-9(5-13-10)11(16)18-2/h5-6,8,15H,3-4,7H2,1-2H3,(H,13,14).